The first-order chi connectivity index (χ1) is 6.09. The summed E-state index contributed by atoms with van der Waals surface area (Å²) in [5.74, 6) is 0. The molecule has 1 aromatic rings. The third-order valence-electron chi connectivity index (χ3n) is 2.62. The van der Waals surface area contributed by atoms with Crippen LogP contribution in [-0.2, 0) is 0 Å². The molecule has 0 aliphatic carbocycles. The van der Waals surface area contributed by atoms with Crippen molar-refractivity contribution < 1.29 is 0 Å². The summed E-state index contributed by atoms with van der Waals surface area (Å²) < 4.78 is 0. The Labute approximate surface area is 83.7 Å². The van der Waals surface area contributed by atoms with Gasteiger partial charge in [0, 0.05) is 16.2 Å². The van der Waals surface area contributed by atoms with E-state index in [4.69, 9.17) is 5.73 Å². The van der Waals surface area contributed by atoms with E-state index in [0.717, 1.165) is 0 Å². The molecule has 0 fully saturated rings. The number of hydrogen-bond acceptors (Lipinski definition) is 2. The molecule has 2 rings (SSSR count). The molecule has 0 aromatic heterocycles. The SMILES string of the molecule is Cc1cc(C)c2c(c1)C(N)C(C)S2. The minimum atomic E-state index is 0.221. The molecule has 1 nitrogen and oxygen atoms in total. The number of aryl methyl sites for hydroxylation is 2. The van der Waals surface area contributed by atoms with Crippen LogP contribution < -0.4 is 5.73 Å². The molecule has 2 N–H and O–H groups in total. The summed E-state index contributed by atoms with van der Waals surface area (Å²) in [6.45, 7) is 6.50. The average molecular weight is 193 g/mol. The number of fused-ring (bicyclic) bond motifs is 1. The summed E-state index contributed by atoms with van der Waals surface area (Å²) in [6, 6.07) is 4.68. The van der Waals surface area contributed by atoms with E-state index < -0.39 is 0 Å². The van der Waals surface area contributed by atoms with Crippen molar-refractivity contribution in [2.24, 2.45) is 5.73 Å². The molecule has 1 heterocycles. The quantitative estimate of drug-likeness (QED) is 0.685. The molecule has 13 heavy (non-hydrogen) atoms. The molecule has 1 aromatic carbocycles. The van der Waals surface area contributed by atoms with E-state index in [0.29, 0.717) is 5.25 Å². The van der Waals surface area contributed by atoms with Gasteiger partial charge in [-0.3, -0.25) is 0 Å². The van der Waals surface area contributed by atoms with E-state index in [-0.39, 0.29) is 6.04 Å². The second-order valence-corrected chi connectivity index (χ2v) is 5.24. The van der Waals surface area contributed by atoms with Gasteiger partial charge in [-0.1, -0.05) is 24.6 Å². The van der Waals surface area contributed by atoms with Crippen LogP contribution in [0, 0.1) is 13.8 Å². The molecule has 70 valence electrons. The Kier molecular flexibility index (Phi) is 2.12. The van der Waals surface area contributed by atoms with Gasteiger partial charge in [0.1, 0.15) is 0 Å². The standard InChI is InChI=1S/C11H15NS/c1-6-4-7(2)11-9(5-6)10(12)8(3)13-11/h4-5,8,10H,12H2,1-3H3. The van der Waals surface area contributed by atoms with Crippen LogP contribution in [0.3, 0.4) is 0 Å². The Morgan fingerprint density at radius 1 is 1.31 bits per heavy atom. The lowest BCUT2D eigenvalue weighted by atomic mass is 10.0. The smallest absolute Gasteiger partial charge is 0.0427 e. The van der Waals surface area contributed by atoms with E-state index in [2.05, 4.69) is 32.9 Å². The van der Waals surface area contributed by atoms with Crippen molar-refractivity contribution in [3.63, 3.8) is 0 Å². The predicted molar refractivity (Wildman–Crippen MR) is 58.2 cm³/mol. The Hall–Kier alpha value is -0.470. The van der Waals surface area contributed by atoms with Gasteiger partial charge in [0.2, 0.25) is 0 Å². The maximum absolute atomic E-state index is 6.11. The van der Waals surface area contributed by atoms with Crippen LogP contribution in [-0.4, -0.2) is 5.25 Å². The van der Waals surface area contributed by atoms with Gasteiger partial charge < -0.3 is 5.73 Å². The summed E-state index contributed by atoms with van der Waals surface area (Å²) in [5, 5.41) is 0.524. The number of benzene rings is 1. The van der Waals surface area contributed by atoms with Crippen molar-refractivity contribution in [1.82, 2.24) is 0 Å². The first kappa shape index (κ1) is 9.10. The van der Waals surface area contributed by atoms with Crippen LogP contribution in [0.25, 0.3) is 0 Å². The highest BCUT2D eigenvalue weighted by atomic mass is 32.2. The molecule has 0 radical (unpaired) electrons. The van der Waals surface area contributed by atoms with Crippen LogP contribution >= 0.6 is 11.8 Å². The van der Waals surface area contributed by atoms with E-state index >= 15 is 0 Å². The number of thioether (sulfide) groups is 1. The summed E-state index contributed by atoms with van der Waals surface area (Å²) in [4.78, 5) is 1.41. The summed E-state index contributed by atoms with van der Waals surface area (Å²) in [6.07, 6.45) is 0. The van der Waals surface area contributed by atoms with Gasteiger partial charge in [0.25, 0.3) is 0 Å². The van der Waals surface area contributed by atoms with Crippen molar-refractivity contribution in [3.05, 3.63) is 28.8 Å². The molecule has 0 amide bonds. The second-order valence-electron chi connectivity index (χ2n) is 3.85. The normalized spacial score (nSPS) is 26.2. The highest BCUT2D eigenvalue weighted by molar-refractivity contribution is 8.00. The maximum Gasteiger partial charge on any atom is 0.0427 e. The lowest BCUT2D eigenvalue weighted by Crippen LogP contribution is -2.15. The molecule has 0 saturated heterocycles. The lowest BCUT2D eigenvalue weighted by Gasteiger charge is -2.09. The number of nitrogens with two attached hydrogens (primary N) is 1. The fourth-order valence-corrected chi connectivity index (χ4v) is 3.15. The molecule has 0 spiro atoms. The van der Waals surface area contributed by atoms with Gasteiger partial charge >= 0.3 is 0 Å². The fourth-order valence-electron chi connectivity index (χ4n) is 1.91. The molecule has 2 heteroatoms. The Bertz CT molecular complexity index is 346. The molecule has 2 atom stereocenters. The monoisotopic (exact) mass is 193 g/mol. The minimum Gasteiger partial charge on any atom is -0.323 e. The largest absolute Gasteiger partial charge is 0.323 e. The van der Waals surface area contributed by atoms with Gasteiger partial charge in [-0.05, 0) is 25.0 Å². The van der Waals surface area contributed by atoms with Crippen molar-refractivity contribution in [2.75, 3.05) is 0 Å². The first-order valence-electron chi connectivity index (χ1n) is 4.63. The number of hydrogen-bond donors (Lipinski definition) is 1. The predicted octanol–water partition coefficient (Wildman–Crippen LogP) is 2.80. The Morgan fingerprint density at radius 2 is 2.00 bits per heavy atom. The fraction of sp³-hybridized carbons (Fsp3) is 0.455. The molecule has 1 aliphatic rings. The van der Waals surface area contributed by atoms with Crippen molar-refractivity contribution in [3.8, 4) is 0 Å². The molecule has 2 unspecified atom stereocenters. The third-order valence-corrected chi connectivity index (χ3v) is 4.07. The summed E-state index contributed by atoms with van der Waals surface area (Å²) >= 11 is 1.91. The van der Waals surface area contributed by atoms with Crippen LogP contribution in [0.1, 0.15) is 29.7 Å². The van der Waals surface area contributed by atoms with Gasteiger partial charge in [-0.25, -0.2) is 0 Å². The summed E-state index contributed by atoms with van der Waals surface area (Å²) in [7, 11) is 0. The minimum absolute atomic E-state index is 0.221. The van der Waals surface area contributed by atoms with Crippen LogP contribution in [0.5, 0.6) is 0 Å². The molecule has 0 saturated carbocycles. The highest BCUT2D eigenvalue weighted by Crippen LogP contribution is 2.44. The van der Waals surface area contributed by atoms with E-state index in [1.807, 2.05) is 11.8 Å². The van der Waals surface area contributed by atoms with Crippen LogP contribution in [0.15, 0.2) is 17.0 Å². The van der Waals surface area contributed by atoms with E-state index in [1.54, 1.807) is 0 Å². The van der Waals surface area contributed by atoms with Crippen molar-refractivity contribution in [1.29, 1.82) is 0 Å². The zero-order chi connectivity index (χ0) is 9.59. The average Bonchev–Trinajstić information content (AvgIpc) is 2.32. The van der Waals surface area contributed by atoms with Crippen LogP contribution in [0.2, 0.25) is 0 Å². The Morgan fingerprint density at radius 3 is 2.69 bits per heavy atom. The maximum atomic E-state index is 6.11. The van der Waals surface area contributed by atoms with Crippen molar-refractivity contribution >= 4 is 11.8 Å². The van der Waals surface area contributed by atoms with Crippen molar-refractivity contribution in [2.45, 2.75) is 37.0 Å². The van der Waals surface area contributed by atoms with Crippen LogP contribution in [0.4, 0.5) is 0 Å². The first-order valence-corrected chi connectivity index (χ1v) is 5.51. The topological polar surface area (TPSA) is 26.0 Å². The molecule has 0 bridgehead atoms. The van der Waals surface area contributed by atoms with Gasteiger partial charge in [0.05, 0.1) is 0 Å². The lowest BCUT2D eigenvalue weighted by molar-refractivity contribution is 0.723. The summed E-state index contributed by atoms with van der Waals surface area (Å²) in [5.41, 5.74) is 10.1. The number of rotatable bonds is 0. The second kappa shape index (κ2) is 3.03. The van der Waals surface area contributed by atoms with E-state index in [9.17, 15) is 0 Å². The van der Waals surface area contributed by atoms with Gasteiger partial charge in [-0.2, -0.15) is 0 Å². The van der Waals surface area contributed by atoms with E-state index in [1.165, 1.54) is 21.6 Å². The van der Waals surface area contributed by atoms with Gasteiger partial charge in [-0.15, -0.1) is 11.8 Å². The zero-order valence-corrected chi connectivity index (χ0v) is 9.11. The molecule has 1 aliphatic heterocycles. The zero-order valence-electron chi connectivity index (χ0n) is 8.29. The third kappa shape index (κ3) is 1.38. The highest BCUT2D eigenvalue weighted by Gasteiger charge is 2.28. The van der Waals surface area contributed by atoms with Gasteiger partial charge in [0.15, 0.2) is 0 Å². The molecular formula is C11H15NS. The Balaban J connectivity index is 2.57. The molecular weight excluding hydrogens is 178 g/mol.